The maximum absolute atomic E-state index is 12.2. The van der Waals surface area contributed by atoms with Crippen LogP contribution in [0.5, 0.6) is 0 Å². The summed E-state index contributed by atoms with van der Waals surface area (Å²) < 4.78 is 0.775. The largest absolute Gasteiger partial charge is 0.379 e. The van der Waals surface area contributed by atoms with E-state index in [-0.39, 0.29) is 5.17 Å². The second-order valence-corrected chi connectivity index (χ2v) is 7.28. The Morgan fingerprint density at radius 3 is 2.46 bits per heavy atom. The minimum Gasteiger partial charge on any atom is -0.379 e. The van der Waals surface area contributed by atoms with Gasteiger partial charge >= 0.3 is 0 Å². The molecule has 5 nitrogen and oxygen atoms in total. The Bertz CT molecular complexity index is 836. The van der Waals surface area contributed by atoms with Crippen molar-refractivity contribution in [2.24, 2.45) is 5.73 Å². The molecule has 7 heteroatoms. The lowest BCUT2D eigenvalue weighted by atomic mass is 10.1. The molecule has 0 fully saturated rings. The zero-order valence-electron chi connectivity index (χ0n) is 12.6. The van der Waals surface area contributed by atoms with Crippen molar-refractivity contribution in [3.05, 3.63) is 63.6 Å². The number of hydrogen-bond donors (Lipinski definition) is 2. The first-order valence-corrected chi connectivity index (χ1v) is 8.94. The number of thioether (sulfide) groups is 1. The van der Waals surface area contributed by atoms with Crippen molar-refractivity contribution >= 4 is 50.2 Å². The molecule has 2 aromatic rings. The van der Waals surface area contributed by atoms with Crippen LogP contribution in [-0.4, -0.2) is 16.9 Å². The van der Waals surface area contributed by atoms with Gasteiger partial charge in [0.05, 0.1) is 17.8 Å². The molecule has 0 spiro atoms. The van der Waals surface area contributed by atoms with Crippen molar-refractivity contribution in [3.63, 3.8) is 0 Å². The number of ketones is 1. The standard InChI is InChI=1S/C17H14BrN3O2S/c18-12-5-6-14-13(7-12)15(22)16(23)21(14)8-10-1-3-11(4-2-10)9-24-17(19)20/h1-7H,8-9H2,(H3,19,20). The summed E-state index contributed by atoms with van der Waals surface area (Å²) in [6, 6.07) is 13.0. The smallest absolute Gasteiger partial charge is 0.299 e. The molecule has 0 radical (unpaired) electrons. The van der Waals surface area contributed by atoms with Crippen molar-refractivity contribution in [1.82, 2.24) is 0 Å². The Kier molecular flexibility index (Phi) is 4.73. The van der Waals surface area contributed by atoms with Crippen molar-refractivity contribution in [2.75, 3.05) is 4.90 Å². The number of rotatable bonds is 4. The van der Waals surface area contributed by atoms with Crippen LogP contribution in [0.4, 0.5) is 5.69 Å². The Hall–Kier alpha value is -2.12. The average Bonchev–Trinajstić information content (AvgIpc) is 2.79. The molecule has 24 heavy (non-hydrogen) atoms. The van der Waals surface area contributed by atoms with Gasteiger partial charge in [-0.3, -0.25) is 15.0 Å². The molecule has 0 unspecified atom stereocenters. The van der Waals surface area contributed by atoms with Gasteiger partial charge in [0.1, 0.15) is 0 Å². The summed E-state index contributed by atoms with van der Waals surface area (Å²) in [6.45, 7) is 0.347. The normalized spacial score (nSPS) is 13.3. The van der Waals surface area contributed by atoms with Crippen LogP contribution >= 0.6 is 27.7 Å². The van der Waals surface area contributed by atoms with Gasteiger partial charge in [-0.2, -0.15) is 0 Å². The number of nitrogens with one attached hydrogen (secondary N) is 1. The number of carbonyl (C=O) groups is 2. The molecule has 0 aromatic heterocycles. The fraction of sp³-hybridized carbons (Fsp3) is 0.118. The van der Waals surface area contributed by atoms with Gasteiger partial charge in [0.15, 0.2) is 5.17 Å². The Morgan fingerprint density at radius 1 is 1.12 bits per heavy atom. The molecule has 0 bridgehead atoms. The van der Waals surface area contributed by atoms with E-state index in [0.717, 1.165) is 15.6 Å². The number of nitrogens with zero attached hydrogens (tertiary/aromatic N) is 1. The van der Waals surface area contributed by atoms with E-state index in [1.807, 2.05) is 30.3 Å². The molecule has 0 saturated carbocycles. The Balaban J connectivity index is 1.78. The van der Waals surface area contributed by atoms with Crippen molar-refractivity contribution in [3.8, 4) is 0 Å². The van der Waals surface area contributed by atoms with Crippen molar-refractivity contribution in [1.29, 1.82) is 5.41 Å². The highest BCUT2D eigenvalue weighted by Gasteiger charge is 2.35. The van der Waals surface area contributed by atoms with Gasteiger partial charge in [0, 0.05) is 10.2 Å². The molecule has 0 aliphatic carbocycles. The topological polar surface area (TPSA) is 87.2 Å². The van der Waals surface area contributed by atoms with Crippen LogP contribution in [0.25, 0.3) is 0 Å². The van der Waals surface area contributed by atoms with Crippen LogP contribution in [-0.2, 0) is 17.1 Å². The van der Waals surface area contributed by atoms with Crippen molar-refractivity contribution in [2.45, 2.75) is 12.3 Å². The average molecular weight is 404 g/mol. The first kappa shape index (κ1) is 16.7. The lowest BCUT2D eigenvalue weighted by Gasteiger charge is -2.17. The first-order chi connectivity index (χ1) is 11.5. The molecule has 122 valence electrons. The van der Waals surface area contributed by atoms with Crippen LogP contribution in [0.2, 0.25) is 0 Å². The molecule has 3 rings (SSSR count). The zero-order chi connectivity index (χ0) is 17.3. The maximum Gasteiger partial charge on any atom is 0.299 e. The highest BCUT2D eigenvalue weighted by atomic mass is 79.9. The van der Waals surface area contributed by atoms with Crippen molar-refractivity contribution < 1.29 is 9.59 Å². The highest BCUT2D eigenvalue weighted by Crippen LogP contribution is 2.32. The number of Topliss-reactive ketones (excluding diaryl/α,β-unsaturated/α-hetero) is 1. The summed E-state index contributed by atoms with van der Waals surface area (Å²) in [4.78, 5) is 25.9. The van der Waals surface area contributed by atoms with E-state index in [0.29, 0.717) is 23.5 Å². The summed E-state index contributed by atoms with van der Waals surface area (Å²) in [5.41, 5.74) is 8.39. The van der Waals surface area contributed by atoms with E-state index in [9.17, 15) is 9.59 Å². The molecule has 1 aliphatic heterocycles. The highest BCUT2D eigenvalue weighted by molar-refractivity contribution is 9.10. The van der Waals surface area contributed by atoms with Crippen LogP contribution in [0.3, 0.4) is 0 Å². The number of benzene rings is 2. The second kappa shape index (κ2) is 6.78. The quantitative estimate of drug-likeness (QED) is 0.465. The predicted molar refractivity (Wildman–Crippen MR) is 99.3 cm³/mol. The molecule has 0 saturated heterocycles. The van der Waals surface area contributed by atoms with E-state index >= 15 is 0 Å². The van der Waals surface area contributed by atoms with Gasteiger partial charge in [0.2, 0.25) is 0 Å². The van der Waals surface area contributed by atoms with Gasteiger partial charge < -0.3 is 10.6 Å². The predicted octanol–water partition coefficient (Wildman–Crippen LogP) is 3.31. The summed E-state index contributed by atoms with van der Waals surface area (Å²) in [5, 5.41) is 7.31. The summed E-state index contributed by atoms with van der Waals surface area (Å²) in [5.74, 6) is -0.340. The Morgan fingerprint density at radius 2 is 1.79 bits per heavy atom. The third-order valence-corrected chi connectivity index (χ3v) is 4.97. The van der Waals surface area contributed by atoms with Gasteiger partial charge in [-0.05, 0) is 29.3 Å². The molecule has 1 amide bonds. The monoisotopic (exact) mass is 403 g/mol. The third kappa shape index (κ3) is 3.37. The number of amides is 1. The van der Waals surface area contributed by atoms with Crippen LogP contribution in [0.1, 0.15) is 21.5 Å². The zero-order valence-corrected chi connectivity index (χ0v) is 15.0. The van der Waals surface area contributed by atoms with E-state index in [1.54, 1.807) is 12.1 Å². The number of fused-ring (bicyclic) bond motifs is 1. The molecule has 3 N–H and O–H groups in total. The van der Waals surface area contributed by atoms with Crippen LogP contribution in [0.15, 0.2) is 46.9 Å². The van der Waals surface area contributed by atoms with Gasteiger partial charge in [-0.1, -0.05) is 52.0 Å². The lowest BCUT2D eigenvalue weighted by Crippen LogP contribution is -2.29. The molecule has 1 aliphatic rings. The van der Waals surface area contributed by atoms with Crippen LogP contribution < -0.4 is 10.6 Å². The molecular formula is C17H14BrN3O2S. The number of carbonyl (C=O) groups excluding carboxylic acids is 2. The van der Waals surface area contributed by atoms with Gasteiger partial charge in [0.25, 0.3) is 11.7 Å². The molecular weight excluding hydrogens is 390 g/mol. The van der Waals surface area contributed by atoms with Gasteiger partial charge in [-0.25, -0.2) is 0 Å². The third-order valence-electron chi connectivity index (χ3n) is 3.69. The lowest BCUT2D eigenvalue weighted by molar-refractivity contribution is -0.114. The summed E-state index contributed by atoms with van der Waals surface area (Å²) in [7, 11) is 0. The number of hydrogen-bond acceptors (Lipinski definition) is 4. The molecule has 1 heterocycles. The summed E-state index contributed by atoms with van der Waals surface area (Å²) in [6.07, 6.45) is 0. The first-order valence-electron chi connectivity index (χ1n) is 7.16. The molecule has 2 aromatic carbocycles. The summed E-state index contributed by atoms with van der Waals surface area (Å²) >= 11 is 4.59. The SMILES string of the molecule is N=C(N)SCc1ccc(CN2C(=O)C(=O)c3cc(Br)ccc32)cc1. The number of nitrogens with two attached hydrogens (primary N) is 1. The Labute approximate surface area is 151 Å². The number of halogens is 1. The van der Waals surface area contributed by atoms with E-state index in [2.05, 4.69) is 15.9 Å². The minimum atomic E-state index is -0.501. The maximum atomic E-state index is 12.2. The number of anilines is 1. The van der Waals surface area contributed by atoms with E-state index in [1.165, 1.54) is 16.7 Å². The minimum absolute atomic E-state index is 0.0861. The van der Waals surface area contributed by atoms with Crippen LogP contribution in [0, 0.1) is 5.41 Å². The number of amidine groups is 1. The van der Waals surface area contributed by atoms with Gasteiger partial charge in [-0.15, -0.1) is 0 Å². The molecule has 0 atom stereocenters. The fourth-order valence-corrected chi connectivity index (χ4v) is 3.39. The van der Waals surface area contributed by atoms with E-state index < -0.39 is 11.7 Å². The second-order valence-electron chi connectivity index (χ2n) is 5.35. The van der Waals surface area contributed by atoms with E-state index in [4.69, 9.17) is 11.1 Å². The fourth-order valence-electron chi connectivity index (χ4n) is 2.51.